The molecule has 3 rings (SSSR count). The quantitative estimate of drug-likeness (QED) is 0.855. The van der Waals surface area contributed by atoms with Crippen molar-refractivity contribution in [2.45, 2.75) is 9.79 Å². The number of anilines is 1. The summed E-state index contributed by atoms with van der Waals surface area (Å²) in [5.41, 5.74) is 5.89. The number of nitrogens with two attached hydrogens (primary N) is 1. The monoisotopic (exact) mass is 277 g/mol. The summed E-state index contributed by atoms with van der Waals surface area (Å²) in [7, 11) is 0. The molecule has 0 radical (unpaired) electrons. The molecule has 0 unspecified atom stereocenters. The van der Waals surface area contributed by atoms with Gasteiger partial charge in [-0.15, -0.1) is 0 Å². The van der Waals surface area contributed by atoms with Crippen LogP contribution in [0.5, 0.6) is 11.5 Å². The van der Waals surface area contributed by atoms with E-state index in [0.29, 0.717) is 23.9 Å². The van der Waals surface area contributed by atoms with Gasteiger partial charge in [0.05, 0.1) is 5.69 Å². The first-order valence-electron chi connectivity index (χ1n) is 5.85. The average Bonchev–Trinajstić information content (AvgIpc) is 2.44. The van der Waals surface area contributed by atoms with E-state index < -0.39 is 5.82 Å². The molecule has 2 N–H and O–H groups in total. The Bertz CT molecular complexity index is 618. The maximum atomic E-state index is 13.4. The Kier molecular flexibility index (Phi) is 3.21. The van der Waals surface area contributed by atoms with E-state index in [-0.39, 0.29) is 5.69 Å². The third kappa shape index (κ3) is 2.46. The zero-order valence-corrected chi connectivity index (χ0v) is 10.9. The minimum Gasteiger partial charge on any atom is -0.486 e. The first-order valence-corrected chi connectivity index (χ1v) is 6.67. The van der Waals surface area contributed by atoms with Crippen molar-refractivity contribution in [1.82, 2.24) is 0 Å². The third-order valence-corrected chi connectivity index (χ3v) is 3.82. The Morgan fingerprint density at radius 2 is 1.84 bits per heavy atom. The van der Waals surface area contributed by atoms with Crippen molar-refractivity contribution in [3.05, 3.63) is 42.2 Å². The number of ether oxygens (including phenoxy) is 2. The Balaban J connectivity index is 1.89. The standard InChI is InChI=1S/C14H12FNO2S/c15-10-2-1-3-13(14(10)16)19-9-4-5-11-12(8-9)18-7-6-17-11/h1-5,8H,6-7,16H2. The van der Waals surface area contributed by atoms with Crippen molar-refractivity contribution in [2.75, 3.05) is 18.9 Å². The minimum atomic E-state index is -0.400. The lowest BCUT2D eigenvalue weighted by atomic mass is 10.3. The lowest BCUT2D eigenvalue weighted by Gasteiger charge is -2.18. The molecule has 1 aliphatic rings. The SMILES string of the molecule is Nc1c(F)cccc1Sc1ccc2c(c1)OCCO2. The largest absolute Gasteiger partial charge is 0.486 e. The number of rotatable bonds is 2. The summed E-state index contributed by atoms with van der Waals surface area (Å²) in [4.78, 5) is 1.62. The summed E-state index contributed by atoms with van der Waals surface area (Å²) in [6.07, 6.45) is 0. The molecule has 0 amide bonds. The first-order chi connectivity index (χ1) is 9.24. The highest BCUT2D eigenvalue weighted by molar-refractivity contribution is 7.99. The van der Waals surface area contributed by atoms with E-state index >= 15 is 0 Å². The van der Waals surface area contributed by atoms with Gasteiger partial charge in [0.25, 0.3) is 0 Å². The van der Waals surface area contributed by atoms with Gasteiger partial charge < -0.3 is 15.2 Å². The maximum absolute atomic E-state index is 13.4. The molecule has 2 aromatic rings. The third-order valence-electron chi connectivity index (χ3n) is 2.75. The molecule has 0 bridgehead atoms. The van der Waals surface area contributed by atoms with E-state index in [1.54, 1.807) is 12.1 Å². The lowest BCUT2D eigenvalue weighted by Crippen LogP contribution is -2.15. The molecule has 0 atom stereocenters. The summed E-state index contributed by atoms with van der Waals surface area (Å²) >= 11 is 1.40. The Hall–Kier alpha value is -1.88. The van der Waals surface area contributed by atoms with E-state index in [1.165, 1.54) is 17.8 Å². The molecule has 0 saturated carbocycles. The predicted molar refractivity (Wildman–Crippen MR) is 72.4 cm³/mol. The van der Waals surface area contributed by atoms with Gasteiger partial charge in [-0.25, -0.2) is 4.39 Å². The van der Waals surface area contributed by atoms with Crippen molar-refractivity contribution in [1.29, 1.82) is 0 Å². The zero-order valence-electron chi connectivity index (χ0n) is 10.1. The van der Waals surface area contributed by atoms with Crippen LogP contribution in [0.25, 0.3) is 0 Å². The van der Waals surface area contributed by atoms with E-state index in [0.717, 1.165) is 10.6 Å². The van der Waals surface area contributed by atoms with Gasteiger partial charge in [0.1, 0.15) is 19.0 Å². The van der Waals surface area contributed by atoms with Gasteiger partial charge in [-0.1, -0.05) is 17.8 Å². The normalized spacial score (nSPS) is 13.3. The number of nitrogen functional groups attached to an aromatic ring is 1. The first kappa shape index (κ1) is 12.2. The van der Waals surface area contributed by atoms with Crippen molar-refractivity contribution in [3.8, 4) is 11.5 Å². The number of para-hydroxylation sites is 1. The number of hydrogen-bond acceptors (Lipinski definition) is 4. The highest BCUT2D eigenvalue weighted by Crippen LogP contribution is 2.38. The number of halogens is 1. The van der Waals surface area contributed by atoms with Crippen LogP contribution < -0.4 is 15.2 Å². The fourth-order valence-corrected chi connectivity index (χ4v) is 2.73. The van der Waals surface area contributed by atoms with Crippen molar-refractivity contribution < 1.29 is 13.9 Å². The maximum Gasteiger partial charge on any atom is 0.162 e. The van der Waals surface area contributed by atoms with Crippen LogP contribution in [-0.2, 0) is 0 Å². The summed E-state index contributed by atoms with van der Waals surface area (Å²) in [6.45, 7) is 1.11. The molecule has 5 heteroatoms. The van der Waals surface area contributed by atoms with Gasteiger partial charge in [-0.2, -0.15) is 0 Å². The topological polar surface area (TPSA) is 44.5 Å². The molecule has 1 aliphatic heterocycles. The Morgan fingerprint density at radius 1 is 1.05 bits per heavy atom. The van der Waals surface area contributed by atoms with Gasteiger partial charge in [-0.05, 0) is 30.3 Å². The Morgan fingerprint density at radius 3 is 2.68 bits per heavy atom. The lowest BCUT2D eigenvalue weighted by molar-refractivity contribution is 0.171. The van der Waals surface area contributed by atoms with Crippen molar-refractivity contribution >= 4 is 17.4 Å². The molecule has 98 valence electrons. The van der Waals surface area contributed by atoms with Crippen LogP contribution in [0.15, 0.2) is 46.2 Å². The fraction of sp³-hybridized carbons (Fsp3) is 0.143. The smallest absolute Gasteiger partial charge is 0.162 e. The number of hydrogen-bond donors (Lipinski definition) is 1. The molecule has 0 saturated heterocycles. The number of benzene rings is 2. The van der Waals surface area contributed by atoms with Gasteiger partial charge >= 0.3 is 0 Å². The summed E-state index contributed by atoms with van der Waals surface area (Å²) < 4.78 is 24.3. The van der Waals surface area contributed by atoms with Crippen LogP contribution in [0.3, 0.4) is 0 Å². The summed E-state index contributed by atoms with van der Waals surface area (Å²) in [5, 5.41) is 0. The van der Waals surface area contributed by atoms with Gasteiger partial charge in [0.2, 0.25) is 0 Å². The van der Waals surface area contributed by atoms with Crippen LogP contribution in [0, 0.1) is 5.82 Å². The molecule has 2 aromatic carbocycles. The van der Waals surface area contributed by atoms with E-state index in [2.05, 4.69) is 0 Å². The molecule has 0 aromatic heterocycles. The zero-order chi connectivity index (χ0) is 13.2. The average molecular weight is 277 g/mol. The van der Waals surface area contributed by atoms with Crippen LogP contribution >= 0.6 is 11.8 Å². The second-order valence-corrected chi connectivity index (χ2v) is 5.17. The van der Waals surface area contributed by atoms with Crippen LogP contribution in [0.2, 0.25) is 0 Å². The van der Waals surface area contributed by atoms with Crippen LogP contribution in [0.4, 0.5) is 10.1 Å². The highest BCUT2D eigenvalue weighted by atomic mass is 32.2. The predicted octanol–water partition coefficient (Wildman–Crippen LogP) is 3.33. The Labute approximate surface area is 114 Å². The molecular formula is C14H12FNO2S. The fourth-order valence-electron chi connectivity index (χ4n) is 1.82. The summed E-state index contributed by atoms with van der Waals surface area (Å²) in [6, 6.07) is 10.4. The second-order valence-electron chi connectivity index (χ2n) is 4.06. The molecule has 0 aliphatic carbocycles. The number of fused-ring (bicyclic) bond motifs is 1. The van der Waals surface area contributed by atoms with Crippen LogP contribution in [0.1, 0.15) is 0 Å². The molecule has 0 spiro atoms. The van der Waals surface area contributed by atoms with Crippen molar-refractivity contribution in [2.24, 2.45) is 0 Å². The van der Waals surface area contributed by atoms with E-state index in [9.17, 15) is 4.39 Å². The van der Waals surface area contributed by atoms with E-state index in [4.69, 9.17) is 15.2 Å². The van der Waals surface area contributed by atoms with Crippen LogP contribution in [-0.4, -0.2) is 13.2 Å². The minimum absolute atomic E-state index is 0.169. The van der Waals surface area contributed by atoms with Crippen molar-refractivity contribution in [3.63, 3.8) is 0 Å². The van der Waals surface area contributed by atoms with Gasteiger partial charge in [0.15, 0.2) is 11.5 Å². The molecule has 19 heavy (non-hydrogen) atoms. The molecule has 0 fully saturated rings. The molecule has 1 heterocycles. The van der Waals surface area contributed by atoms with Gasteiger partial charge in [0, 0.05) is 9.79 Å². The van der Waals surface area contributed by atoms with E-state index in [1.807, 2.05) is 18.2 Å². The molecular weight excluding hydrogens is 265 g/mol. The van der Waals surface area contributed by atoms with Gasteiger partial charge in [-0.3, -0.25) is 0 Å². The summed E-state index contributed by atoms with van der Waals surface area (Å²) in [5.74, 6) is 1.05. The molecule has 3 nitrogen and oxygen atoms in total. The highest BCUT2D eigenvalue weighted by Gasteiger charge is 2.13. The second kappa shape index (κ2) is 5.01.